The second-order valence-electron chi connectivity index (χ2n) is 6.92. The first-order valence-corrected chi connectivity index (χ1v) is 9.09. The number of ether oxygens (including phenoxy) is 2. The molecule has 2 aromatic rings. The highest BCUT2D eigenvalue weighted by Gasteiger charge is 2.44. The fourth-order valence-corrected chi connectivity index (χ4v) is 3.86. The Hall–Kier alpha value is -2.80. The van der Waals surface area contributed by atoms with Gasteiger partial charge in [-0.15, -0.1) is 0 Å². The van der Waals surface area contributed by atoms with Gasteiger partial charge in [-0.05, 0) is 18.4 Å². The second-order valence-corrected chi connectivity index (χ2v) is 6.92. The third-order valence-electron chi connectivity index (χ3n) is 5.12. The quantitative estimate of drug-likeness (QED) is 0.772. The number of hydrogen-bond donors (Lipinski definition) is 0. The fraction of sp³-hybridized carbons (Fsp3) is 0.400. The number of morpholine rings is 1. The Morgan fingerprint density at radius 3 is 2.52 bits per heavy atom. The monoisotopic (exact) mass is 367 g/mol. The van der Waals surface area contributed by atoms with Gasteiger partial charge in [0.05, 0.1) is 31.5 Å². The van der Waals surface area contributed by atoms with Gasteiger partial charge >= 0.3 is 6.09 Å². The minimum Gasteiger partial charge on any atom is -0.445 e. The van der Waals surface area contributed by atoms with E-state index in [1.54, 1.807) is 11.1 Å². The van der Waals surface area contributed by atoms with E-state index in [1.165, 1.54) is 12.4 Å². The third-order valence-corrected chi connectivity index (χ3v) is 5.12. The highest BCUT2D eigenvalue weighted by molar-refractivity contribution is 5.96. The zero-order valence-corrected chi connectivity index (χ0v) is 14.9. The number of hydrogen-bond acceptors (Lipinski definition) is 6. The molecule has 0 aliphatic carbocycles. The molecule has 1 amide bonds. The van der Waals surface area contributed by atoms with Gasteiger partial charge in [-0.2, -0.15) is 0 Å². The summed E-state index contributed by atoms with van der Waals surface area (Å²) in [5.41, 5.74) is 1.32. The molecule has 2 unspecified atom stereocenters. The first kappa shape index (κ1) is 17.6. The summed E-state index contributed by atoms with van der Waals surface area (Å²) in [4.78, 5) is 35.3. The van der Waals surface area contributed by atoms with Crippen LogP contribution in [0, 0.1) is 5.92 Å². The van der Waals surface area contributed by atoms with Crippen LogP contribution in [0.2, 0.25) is 0 Å². The lowest BCUT2D eigenvalue weighted by atomic mass is 9.82. The zero-order valence-electron chi connectivity index (χ0n) is 14.9. The molecule has 1 aromatic carbocycles. The van der Waals surface area contributed by atoms with Crippen molar-refractivity contribution in [2.45, 2.75) is 31.5 Å². The lowest BCUT2D eigenvalue weighted by Crippen LogP contribution is -2.60. The van der Waals surface area contributed by atoms with Crippen LogP contribution < -0.4 is 0 Å². The smallest absolute Gasteiger partial charge is 0.410 e. The van der Waals surface area contributed by atoms with Crippen LogP contribution in [0.4, 0.5) is 4.79 Å². The number of carbonyl (C=O) groups excluding carboxylic acids is 2. The maximum Gasteiger partial charge on any atom is 0.410 e. The van der Waals surface area contributed by atoms with Crippen molar-refractivity contribution in [1.29, 1.82) is 0 Å². The molecule has 2 saturated heterocycles. The van der Waals surface area contributed by atoms with Gasteiger partial charge in [-0.25, -0.2) is 9.78 Å². The Morgan fingerprint density at radius 2 is 1.85 bits per heavy atom. The average Bonchev–Trinajstić information content (AvgIpc) is 2.72. The zero-order chi connectivity index (χ0) is 18.6. The molecule has 2 aliphatic rings. The maximum atomic E-state index is 12.7. The van der Waals surface area contributed by atoms with Gasteiger partial charge in [0, 0.05) is 18.3 Å². The highest BCUT2D eigenvalue weighted by Crippen LogP contribution is 2.33. The van der Waals surface area contributed by atoms with E-state index >= 15 is 0 Å². The van der Waals surface area contributed by atoms with Crippen LogP contribution in [0.15, 0.2) is 48.9 Å². The Morgan fingerprint density at radius 1 is 1.11 bits per heavy atom. The Balaban J connectivity index is 1.42. The summed E-state index contributed by atoms with van der Waals surface area (Å²) < 4.78 is 11.1. The predicted octanol–water partition coefficient (Wildman–Crippen LogP) is 2.48. The molecule has 1 aromatic heterocycles. The molecule has 7 nitrogen and oxygen atoms in total. The first-order valence-electron chi connectivity index (χ1n) is 9.09. The van der Waals surface area contributed by atoms with E-state index < -0.39 is 0 Å². The van der Waals surface area contributed by atoms with Gasteiger partial charge in [-0.1, -0.05) is 30.3 Å². The van der Waals surface area contributed by atoms with E-state index in [-0.39, 0.29) is 36.5 Å². The van der Waals surface area contributed by atoms with Crippen molar-refractivity contribution in [3.05, 3.63) is 60.2 Å². The van der Waals surface area contributed by atoms with Gasteiger partial charge in [-0.3, -0.25) is 14.7 Å². The maximum absolute atomic E-state index is 12.7. The number of fused-ring (bicyclic) bond motifs is 2. The number of benzene rings is 1. The molecule has 3 heterocycles. The molecule has 0 spiro atoms. The van der Waals surface area contributed by atoms with Crippen LogP contribution in [0.25, 0.3) is 0 Å². The van der Waals surface area contributed by atoms with Crippen LogP contribution in [-0.4, -0.2) is 52.0 Å². The fourth-order valence-electron chi connectivity index (χ4n) is 3.86. The molecule has 0 saturated carbocycles. The topological polar surface area (TPSA) is 81.6 Å². The standard InChI is InChI=1S/C20H21N3O4/c24-19(18-10-21-6-7-22-18)15-8-16-12-26-13-17(9-15)23(16)20(25)27-11-14-4-2-1-3-5-14/h1-7,10,15-17H,8-9,11-13H2. The minimum atomic E-state index is -0.345. The number of nitrogens with zero attached hydrogens (tertiary/aromatic N) is 3. The van der Waals surface area contributed by atoms with Crippen molar-refractivity contribution >= 4 is 11.9 Å². The minimum absolute atomic E-state index is 0.0164. The highest BCUT2D eigenvalue weighted by atomic mass is 16.6. The molecule has 7 heteroatoms. The molecule has 4 rings (SSSR count). The van der Waals surface area contributed by atoms with Gasteiger partial charge in [0.15, 0.2) is 5.78 Å². The molecular formula is C20H21N3O4. The van der Waals surface area contributed by atoms with E-state index in [0.29, 0.717) is 31.7 Å². The van der Waals surface area contributed by atoms with E-state index in [0.717, 1.165) is 5.56 Å². The lowest BCUT2D eigenvalue weighted by molar-refractivity contribution is -0.0756. The summed E-state index contributed by atoms with van der Waals surface area (Å²) in [6, 6.07) is 9.26. The van der Waals surface area contributed by atoms with E-state index in [2.05, 4.69) is 9.97 Å². The van der Waals surface area contributed by atoms with Crippen LogP contribution in [0.5, 0.6) is 0 Å². The number of piperidine rings is 1. The van der Waals surface area contributed by atoms with Crippen molar-refractivity contribution in [3.63, 3.8) is 0 Å². The number of carbonyl (C=O) groups is 2. The SMILES string of the molecule is O=C(c1cnccn1)C1CC2COCC(C1)N2C(=O)OCc1ccccc1. The molecule has 2 atom stereocenters. The predicted molar refractivity (Wildman–Crippen MR) is 95.9 cm³/mol. The second kappa shape index (κ2) is 7.84. The number of rotatable bonds is 4. The van der Waals surface area contributed by atoms with Gasteiger partial charge < -0.3 is 9.47 Å². The van der Waals surface area contributed by atoms with Crippen molar-refractivity contribution in [2.24, 2.45) is 5.92 Å². The molecule has 2 fully saturated rings. The Labute approximate surface area is 157 Å². The summed E-state index contributed by atoms with van der Waals surface area (Å²) in [7, 11) is 0. The Bertz CT molecular complexity index is 785. The van der Waals surface area contributed by atoms with Crippen molar-refractivity contribution in [3.8, 4) is 0 Å². The van der Waals surface area contributed by atoms with Gasteiger partial charge in [0.25, 0.3) is 0 Å². The molecule has 2 aliphatic heterocycles. The third kappa shape index (κ3) is 3.83. The normalized spacial score (nSPS) is 24.3. The van der Waals surface area contributed by atoms with Crippen molar-refractivity contribution in [1.82, 2.24) is 14.9 Å². The molecule has 0 radical (unpaired) electrons. The summed E-state index contributed by atoms with van der Waals surface area (Å²) in [5, 5.41) is 0. The van der Waals surface area contributed by atoms with E-state index in [1.807, 2.05) is 30.3 Å². The Kier molecular flexibility index (Phi) is 5.11. The van der Waals surface area contributed by atoms with Crippen LogP contribution >= 0.6 is 0 Å². The lowest BCUT2D eigenvalue weighted by Gasteiger charge is -2.47. The van der Waals surface area contributed by atoms with Crippen LogP contribution in [0.3, 0.4) is 0 Å². The molecule has 0 N–H and O–H groups in total. The first-order chi connectivity index (χ1) is 13.2. The summed E-state index contributed by atoms with van der Waals surface area (Å²) in [6.45, 7) is 1.07. The number of ketones is 1. The largest absolute Gasteiger partial charge is 0.445 e. The van der Waals surface area contributed by atoms with Crippen molar-refractivity contribution < 1.29 is 19.1 Å². The number of amides is 1. The molecular weight excluding hydrogens is 346 g/mol. The van der Waals surface area contributed by atoms with Crippen LogP contribution in [0.1, 0.15) is 28.9 Å². The number of Topliss-reactive ketones (excluding diaryl/α,β-unsaturated/α-hetero) is 1. The summed E-state index contributed by atoms with van der Waals surface area (Å²) >= 11 is 0. The van der Waals surface area contributed by atoms with E-state index in [9.17, 15) is 9.59 Å². The van der Waals surface area contributed by atoms with Crippen molar-refractivity contribution in [2.75, 3.05) is 13.2 Å². The van der Waals surface area contributed by atoms with E-state index in [4.69, 9.17) is 9.47 Å². The summed E-state index contributed by atoms with van der Waals surface area (Å²) in [6.07, 6.45) is 5.31. The van der Waals surface area contributed by atoms with Gasteiger partial charge in [0.2, 0.25) is 0 Å². The van der Waals surface area contributed by atoms with Crippen LogP contribution in [-0.2, 0) is 16.1 Å². The molecule has 140 valence electrons. The number of aromatic nitrogens is 2. The summed E-state index contributed by atoms with van der Waals surface area (Å²) in [5.74, 6) is -0.198. The van der Waals surface area contributed by atoms with Gasteiger partial charge in [0.1, 0.15) is 12.3 Å². The average molecular weight is 367 g/mol. The molecule has 27 heavy (non-hydrogen) atoms. The molecule has 2 bridgehead atoms.